The lowest BCUT2D eigenvalue weighted by Crippen LogP contribution is -2.12. The predicted molar refractivity (Wildman–Crippen MR) is 92.4 cm³/mol. The van der Waals surface area contributed by atoms with Gasteiger partial charge in [-0.3, -0.25) is 0 Å². The molecule has 0 aliphatic carbocycles. The molecule has 4 heteroatoms. The van der Waals surface area contributed by atoms with E-state index in [4.69, 9.17) is 9.47 Å². The molecule has 3 rings (SSSR count). The van der Waals surface area contributed by atoms with E-state index in [1.54, 1.807) is 12.1 Å². The van der Waals surface area contributed by atoms with Gasteiger partial charge in [0.1, 0.15) is 22.8 Å². The monoisotopic (exact) mass is 326 g/mol. The van der Waals surface area contributed by atoms with Crippen molar-refractivity contribution in [2.24, 2.45) is 0 Å². The van der Waals surface area contributed by atoms with Gasteiger partial charge in [0.25, 0.3) is 0 Å². The van der Waals surface area contributed by atoms with Crippen molar-refractivity contribution < 1.29 is 19.4 Å². The Morgan fingerprint density at radius 3 is 2.75 bits per heavy atom. The maximum absolute atomic E-state index is 11.8. The Bertz CT molecular complexity index is 736. The highest BCUT2D eigenvalue weighted by atomic mass is 16.5. The molecular formula is C20H22O4. The lowest BCUT2D eigenvalue weighted by molar-refractivity contribution is 0.0690. The van der Waals surface area contributed by atoms with Gasteiger partial charge in [0, 0.05) is 12.0 Å². The largest absolute Gasteiger partial charge is 0.493 e. The molecule has 0 bridgehead atoms. The van der Waals surface area contributed by atoms with Gasteiger partial charge >= 0.3 is 5.97 Å². The van der Waals surface area contributed by atoms with Crippen molar-refractivity contribution in [1.29, 1.82) is 0 Å². The molecule has 4 nitrogen and oxygen atoms in total. The van der Waals surface area contributed by atoms with E-state index < -0.39 is 5.97 Å². The Morgan fingerprint density at radius 2 is 1.96 bits per heavy atom. The molecule has 126 valence electrons. The molecule has 0 aromatic heterocycles. The van der Waals surface area contributed by atoms with Crippen molar-refractivity contribution in [1.82, 2.24) is 0 Å². The second kappa shape index (κ2) is 7.39. The summed E-state index contributed by atoms with van der Waals surface area (Å²) in [5.41, 5.74) is 1.90. The number of aromatic carboxylic acids is 1. The van der Waals surface area contributed by atoms with Crippen molar-refractivity contribution in [3.05, 3.63) is 53.1 Å². The zero-order chi connectivity index (χ0) is 16.9. The van der Waals surface area contributed by atoms with Crippen LogP contribution in [0.25, 0.3) is 0 Å². The van der Waals surface area contributed by atoms with Crippen LogP contribution in [0.5, 0.6) is 17.2 Å². The van der Waals surface area contributed by atoms with Gasteiger partial charge in [0.15, 0.2) is 0 Å². The molecule has 0 unspecified atom stereocenters. The average molecular weight is 326 g/mol. The molecule has 0 saturated heterocycles. The van der Waals surface area contributed by atoms with E-state index in [1.807, 2.05) is 24.3 Å². The van der Waals surface area contributed by atoms with Crippen molar-refractivity contribution in [2.45, 2.75) is 39.0 Å². The number of para-hydroxylation sites is 1. The van der Waals surface area contributed by atoms with E-state index in [0.29, 0.717) is 30.1 Å². The first-order valence-electron chi connectivity index (χ1n) is 8.48. The Kier molecular flexibility index (Phi) is 5.04. The highest BCUT2D eigenvalue weighted by molar-refractivity contribution is 5.94. The number of hydrogen-bond donors (Lipinski definition) is 1. The summed E-state index contributed by atoms with van der Waals surface area (Å²) in [5, 5.41) is 9.67. The second-order valence-electron chi connectivity index (χ2n) is 6.02. The van der Waals surface area contributed by atoms with Gasteiger partial charge in [-0.25, -0.2) is 4.79 Å². The number of rotatable bonds is 7. The highest BCUT2D eigenvalue weighted by Gasteiger charge is 2.26. The second-order valence-corrected chi connectivity index (χ2v) is 6.02. The van der Waals surface area contributed by atoms with Crippen LogP contribution in [0.15, 0.2) is 36.4 Å². The van der Waals surface area contributed by atoms with Crippen LogP contribution in [-0.4, -0.2) is 17.7 Å². The third kappa shape index (κ3) is 3.37. The SMILES string of the molecule is CCCCCCOc1ccc2c(c1C(=O)O)Cc1ccccc1O2. The summed E-state index contributed by atoms with van der Waals surface area (Å²) in [5.74, 6) is 0.845. The molecule has 1 aliphatic heterocycles. The van der Waals surface area contributed by atoms with E-state index in [0.717, 1.165) is 30.6 Å². The minimum absolute atomic E-state index is 0.220. The molecule has 0 spiro atoms. The van der Waals surface area contributed by atoms with E-state index in [1.165, 1.54) is 6.42 Å². The molecule has 2 aromatic carbocycles. The maximum atomic E-state index is 11.8. The first kappa shape index (κ1) is 16.4. The number of hydrogen-bond acceptors (Lipinski definition) is 3. The summed E-state index contributed by atoms with van der Waals surface area (Å²) >= 11 is 0. The Balaban J connectivity index is 1.84. The van der Waals surface area contributed by atoms with Gasteiger partial charge in [-0.15, -0.1) is 0 Å². The number of carboxylic acid groups (broad SMARTS) is 1. The molecule has 0 fully saturated rings. The summed E-state index contributed by atoms with van der Waals surface area (Å²) in [7, 11) is 0. The van der Waals surface area contributed by atoms with Crippen molar-refractivity contribution >= 4 is 5.97 Å². The third-order valence-corrected chi connectivity index (χ3v) is 4.26. The van der Waals surface area contributed by atoms with E-state index >= 15 is 0 Å². The van der Waals surface area contributed by atoms with Gasteiger partial charge in [0.2, 0.25) is 0 Å². The highest BCUT2D eigenvalue weighted by Crippen LogP contribution is 2.41. The minimum Gasteiger partial charge on any atom is -0.493 e. The lowest BCUT2D eigenvalue weighted by atomic mass is 9.95. The van der Waals surface area contributed by atoms with E-state index in [2.05, 4.69) is 6.92 Å². The Morgan fingerprint density at radius 1 is 1.12 bits per heavy atom. The van der Waals surface area contributed by atoms with Crippen LogP contribution in [0.3, 0.4) is 0 Å². The average Bonchev–Trinajstić information content (AvgIpc) is 2.59. The number of benzene rings is 2. The topological polar surface area (TPSA) is 55.8 Å². The van der Waals surface area contributed by atoms with Gasteiger partial charge in [-0.1, -0.05) is 44.4 Å². The van der Waals surface area contributed by atoms with Crippen LogP contribution in [0.1, 0.15) is 54.1 Å². The molecule has 0 amide bonds. The Hall–Kier alpha value is -2.49. The summed E-state index contributed by atoms with van der Waals surface area (Å²) in [6, 6.07) is 11.2. The fraction of sp³-hybridized carbons (Fsp3) is 0.350. The van der Waals surface area contributed by atoms with Gasteiger partial charge < -0.3 is 14.6 Å². The minimum atomic E-state index is -0.974. The van der Waals surface area contributed by atoms with Crippen LogP contribution in [0.2, 0.25) is 0 Å². The van der Waals surface area contributed by atoms with Gasteiger partial charge in [-0.05, 0) is 30.2 Å². The normalized spacial score (nSPS) is 12.0. The van der Waals surface area contributed by atoms with Gasteiger partial charge in [0.05, 0.1) is 6.61 Å². The zero-order valence-corrected chi connectivity index (χ0v) is 13.9. The molecule has 24 heavy (non-hydrogen) atoms. The fourth-order valence-corrected chi connectivity index (χ4v) is 3.00. The molecule has 2 aromatic rings. The lowest BCUT2D eigenvalue weighted by Gasteiger charge is -2.23. The first-order valence-corrected chi connectivity index (χ1v) is 8.48. The summed E-state index contributed by atoms with van der Waals surface area (Å²) in [6.07, 6.45) is 4.91. The number of unbranched alkanes of at least 4 members (excludes halogenated alkanes) is 3. The van der Waals surface area contributed by atoms with Crippen LogP contribution >= 0.6 is 0 Å². The van der Waals surface area contributed by atoms with E-state index in [-0.39, 0.29) is 5.56 Å². The molecule has 0 atom stereocenters. The molecule has 0 radical (unpaired) electrons. The molecule has 1 heterocycles. The number of ether oxygens (including phenoxy) is 2. The van der Waals surface area contributed by atoms with Crippen molar-refractivity contribution in [3.63, 3.8) is 0 Å². The first-order chi connectivity index (χ1) is 11.7. The van der Waals surface area contributed by atoms with Crippen LogP contribution in [0, 0.1) is 0 Å². The van der Waals surface area contributed by atoms with Crippen molar-refractivity contribution in [3.8, 4) is 17.2 Å². The standard InChI is InChI=1S/C20H22O4/c1-2-3-4-7-12-23-18-11-10-17-15(19(18)20(21)22)13-14-8-5-6-9-16(14)24-17/h5-6,8-11H,2-4,7,12-13H2,1H3,(H,21,22). The van der Waals surface area contributed by atoms with Crippen LogP contribution < -0.4 is 9.47 Å². The maximum Gasteiger partial charge on any atom is 0.339 e. The van der Waals surface area contributed by atoms with Crippen LogP contribution in [0.4, 0.5) is 0 Å². The smallest absolute Gasteiger partial charge is 0.339 e. The quantitative estimate of drug-likeness (QED) is 0.618. The summed E-state index contributed by atoms with van der Waals surface area (Å²) in [6.45, 7) is 2.70. The molecule has 1 aliphatic rings. The molecular weight excluding hydrogens is 304 g/mol. The summed E-state index contributed by atoms with van der Waals surface area (Å²) in [4.78, 5) is 11.8. The third-order valence-electron chi connectivity index (χ3n) is 4.26. The molecule has 1 N–H and O–H groups in total. The van der Waals surface area contributed by atoms with Gasteiger partial charge in [-0.2, -0.15) is 0 Å². The number of carboxylic acids is 1. The van der Waals surface area contributed by atoms with Crippen molar-refractivity contribution in [2.75, 3.05) is 6.61 Å². The zero-order valence-electron chi connectivity index (χ0n) is 13.9. The Labute approximate surface area is 142 Å². The summed E-state index contributed by atoms with van der Waals surface area (Å²) < 4.78 is 11.6. The predicted octanol–water partition coefficient (Wildman–Crippen LogP) is 5.04. The van der Waals surface area contributed by atoms with Crippen LogP contribution in [-0.2, 0) is 6.42 Å². The fourth-order valence-electron chi connectivity index (χ4n) is 3.00. The number of carbonyl (C=O) groups is 1. The molecule has 0 saturated carbocycles. The number of fused-ring (bicyclic) bond motifs is 2. The van der Waals surface area contributed by atoms with E-state index in [9.17, 15) is 9.90 Å².